The number of cyclic esters (lactones) is 1. The molecule has 0 aromatic heterocycles. The molecule has 0 bridgehead atoms. The molecule has 1 aliphatic heterocycles. The summed E-state index contributed by atoms with van der Waals surface area (Å²) in [6.07, 6.45) is 0.513. The van der Waals surface area contributed by atoms with Crippen LogP contribution in [0.2, 0.25) is 0 Å². The third kappa shape index (κ3) is 1.20. The molecule has 1 heterocycles. The van der Waals surface area contributed by atoms with E-state index in [1.165, 1.54) is 0 Å². The summed E-state index contributed by atoms with van der Waals surface area (Å²) >= 11 is 0. The Morgan fingerprint density at radius 2 is 2.33 bits per heavy atom. The van der Waals surface area contributed by atoms with Gasteiger partial charge in [0.15, 0.2) is 0 Å². The number of carbonyl (C=O) groups excluding carboxylic acids is 2. The van der Waals surface area contributed by atoms with E-state index in [-0.39, 0.29) is 6.61 Å². The molecule has 0 saturated carbocycles. The third-order valence-electron chi connectivity index (χ3n) is 1.73. The number of ether oxygens (including phenoxy) is 1. The smallest absolute Gasteiger partial charge is 0.417 e. The molecule has 0 spiro atoms. The summed E-state index contributed by atoms with van der Waals surface area (Å²) in [5.41, 5.74) is -0.553. The van der Waals surface area contributed by atoms with Crippen LogP contribution >= 0.6 is 0 Å². The fourth-order valence-electron chi connectivity index (χ4n) is 1.09. The molecule has 0 radical (unpaired) electrons. The number of hydrogen-bond donors (Lipinski definition) is 0. The van der Waals surface area contributed by atoms with Gasteiger partial charge in [0.05, 0.1) is 5.54 Å². The first-order chi connectivity index (χ1) is 5.49. The van der Waals surface area contributed by atoms with Gasteiger partial charge in [-0.1, -0.05) is 6.58 Å². The zero-order valence-electron chi connectivity index (χ0n) is 7.16. The van der Waals surface area contributed by atoms with E-state index in [9.17, 15) is 9.59 Å². The highest BCUT2D eigenvalue weighted by Crippen LogP contribution is 2.23. The summed E-state index contributed by atoms with van der Waals surface area (Å²) < 4.78 is 4.72. The SMILES string of the molecule is C=CC(=O)N1C(=O)OCC1(C)C. The second kappa shape index (κ2) is 2.62. The first-order valence-corrected chi connectivity index (χ1v) is 3.62. The molecule has 1 fully saturated rings. The van der Waals surface area contributed by atoms with Gasteiger partial charge >= 0.3 is 6.09 Å². The fourth-order valence-corrected chi connectivity index (χ4v) is 1.09. The molecule has 4 heteroatoms. The predicted octanol–water partition coefficient (Wildman–Crippen LogP) is 0.930. The summed E-state index contributed by atoms with van der Waals surface area (Å²) in [5.74, 6) is -0.414. The maximum absolute atomic E-state index is 11.1. The van der Waals surface area contributed by atoms with Gasteiger partial charge in [0.2, 0.25) is 0 Å². The molecule has 0 aromatic carbocycles. The number of amides is 2. The average molecular weight is 169 g/mol. The van der Waals surface area contributed by atoms with Gasteiger partial charge in [-0.25, -0.2) is 9.69 Å². The first-order valence-electron chi connectivity index (χ1n) is 3.62. The molecule has 0 atom stereocenters. The van der Waals surface area contributed by atoms with E-state index in [1.54, 1.807) is 13.8 Å². The summed E-state index contributed by atoms with van der Waals surface area (Å²) in [5, 5.41) is 0. The van der Waals surface area contributed by atoms with Crippen molar-refractivity contribution < 1.29 is 14.3 Å². The van der Waals surface area contributed by atoms with Crippen molar-refractivity contribution in [3.63, 3.8) is 0 Å². The highest BCUT2D eigenvalue weighted by molar-refractivity contribution is 6.00. The van der Waals surface area contributed by atoms with E-state index in [0.717, 1.165) is 11.0 Å². The summed E-state index contributed by atoms with van der Waals surface area (Å²) in [7, 11) is 0. The maximum Gasteiger partial charge on any atom is 0.417 e. The monoisotopic (exact) mass is 169 g/mol. The van der Waals surface area contributed by atoms with E-state index < -0.39 is 17.5 Å². The van der Waals surface area contributed by atoms with Crippen molar-refractivity contribution in [1.29, 1.82) is 0 Å². The molecular formula is C8H11NO3. The Labute approximate surface area is 70.8 Å². The van der Waals surface area contributed by atoms with Crippen LogP contribution < -0.4 is 0 Å². The molecule has 66 valence electrons. The minimum atomic E-state index is -0.593. The lowest BCUT2D eigenvalue weighted by Gasteiger charge is -2.24. The Balaban J connectivity index is 2.92. The molecule has 4 nitrogen and oxygen atoms in total. The zero-order chi connectivity index (χ0) is 9.35. The molecular weight excluding hydrogens is 158 g/mol. The second-order valence-corrected chi connectivity index (χ2v) is 3.24. The molecule has 1 aliphatic rings. The van der Waals surface area contributed by atoms with Crippen LogP contribution in [-0.2, 0) is 9.53 Å². The summed E-state index contributed by atoms with van der Waals surface area (Å²) in [4.78, 5) is 23.2. The van der Waals surface area contributed by atoms with Crippen LogP contribution in [0.15, 0.2) is 12.7 Å². The molecule has 1 rings (SSSR count). The standard InChI is InChI=1S/C8H11NO3/c1-4-6(10)9-7(11)12-5-8(9,2)3/h4H,1,5H2,2-3H3. The number of carbonyl (C=O) groups is 2. The zero-order valence-corrected chi connectivity index (χ0v) is 7.16. The molecule has 12 heavy (non-hydrogen) atoms. The van der Waals surface area contributed by atoms with Crippen LogP contribution in [0.1, 0.15) is 13.8 Å². The van der Waals surface area contributed by atoms with Gasteiger partial charge in [-0.2, -0.15) is 0 Å². The normalized spacial score (nSPS) is 20.5. The Hall–Kier alpha value is -1.32. The lowest BCUT2D eigenvalue weighted by atomic mass is 10.1. The fraction of sp³-hybridized carbons (Fsp3) is 0.500. The molecule has 2 amide bonds. The predicted molar refractivity (Wildman–Crippen MR) is 42.5 cm³/mol. The molecule has 0 N–H and O–H groups in total. The van der Waals surface area contributed by atoms with Gasteiger partial charge in [-0.05, 0) is 19.9 Å². The van der Waals surface area contributed by atoms with Gasteiger partial charge in [0.25, 0.3) is 5.91 Å². The van der Waals surface area contributed by atoms with Crippen molar-refractivity contribution in [2.24, 2.45) is 0 Å². The van der Waals surface area contributed by atoms with Crippen molar-refractivity contribution in [3.8, 4) is 0 Å². The lowest BCUT2D eigenvalue weighted by molar-refractivity contribution is -0.125. The van der Waals surface area contributed by atoms with Crippen molar-refractivity contribution in [1.82, 2.24) is 4.90 Å². The Morgan fingerprint density at radius 1 is 1.75 bits per heavy atom. The number of hydrogen-bond acceptors (Lipinski definition) is 3. The maximum atomic E-state index is 11.1. The van der Waals surface area contributed by atoms with E-state index in [1.807, 2.05) is 0 Å². The van der Waals surface area contributed by atoms with Gasteiger partial charge < -0.3 is 4.74 Å². The topological polar surface area (TPSA) is 46.6 Å². The quantitative estimate of drug-likeness (QED) is 0.548. The number of rotatable bonds is 1. The Morgan fingerprint density at radius 3 is 2.67 bits per heavy atom. The lowest BCUT2D eigenvalue weighted by Crippen LogP contribution is -2.45. The molecule has 1 saturated heterocycles. The van der Waals surface area contributed by atoms with Gasteiger partial charge in [-0.15, -0.1) is 0 Å². The van der Waals surface area contributed by atoms with Crippen LogP contribution in [0.3, 0.4) is 0 Å². The third-order valence-corrected chi connectivity index (χ3v) is 1.73. The molecule has 0 aromatic rings. The van der Waals surface area contributed by atoms with Crippen molar-refractivity contribution in [2.45, 2.75) is 19.4 Å². The highest BCUT2D eigenvalue weighted by atomic mass is 16.6. The van der Waals surface area contributed by atoms with Gasteiger partial charge in [0.1, 0.15) is 6.61 Å². The number of imide groups is 1. The van der Waals surface area contributed by atoms with Crippen LogP contribution in [-0.4, -0.2) is 29.0 Å². The van der Waals surface area contributed by atoms with Crippen LogP contribution in [0, 0.1) is 0 Å². The van der Waals surface area contributed by atoms with E-state index >= 15 is 0 Å². The molecule has 0 unspecified atom stereocenters. The van der Waals surface area contributed by atoms with E-state index in [4.69, 9.17) is 4.74 Å². The van der Waals surface area contributed by atoms with Crippen LogP contribution in [0.25, 0.3) is 0 Å². The summed E-state index contributed by atoms with van der Waals surface area (Å²) in [6.45, 7) is 7.07. The van der Waals surface area contributed by atoms with Gasteiger partial charge in [-0.3, -0.25) is 4.79 Å². The van der Waals surface area contributed by atoms with Crippen LogP contribution in [0.4, 0.5) is 4.79 Å². The average Bonchev–Trinajstić information content (AvgIpc) is 2.25. The minimum Gasteiger partial charge on any atom is -0.447 e. The summed E-state index contributed by atoms with van der Waals surface area (Å²) in [6, 6.07) is 0. The minimum absolute atomic E-state index is 0.241. The largest absolute Gasteiger partial charge is 0.447 e. The van der Waals surface area contributed by atoms with Gasteiger partial charge in [0, 0.05) is 0 Å². The molecule has 0 aliphatic carbocycles. The van der Waals surface area contributed by atoms with Crippen molar-refractivity contribution >= 4 is 12.0 Å². The van der Waals surface area contributed by atoms with E-state index in [0.29, 0.717) is 0 Å². The van der Waals surface area contributed by atoms with Crippen molar-refractivity contribution in [3.05, 3.63) is 12.7 Å². The van der Waals surface area contributed by atoms with Crippen molar-refractivity contribution in [2.75, 3.05) is 6.61 Å². The second-order valence-electron chi connectivity index (χ2n) is 3.24. The Kier molecular flexibility index (Phi) is 1.92. The van der Waals surface area contributed by atoms with Crippen LogP contribution in [0.5, 0.6) is 0 Å². The first kappa shape index (κ1) is 8.77. The number of nitrogens with zero attached hydrogens (tertiary/aromatic N) is 1. The van der Waals surface area contributed by atoms with E-state index in [2.05, 4.69) is 6.58 Å². The highest BCUT2D eigenvalue weighted by Gasteiger charge is 2.42. The Bertz CT molecular complexity index is 245.